The van der Waals surface area contributed by atoms with Crippen LogP contribution in [0.15, 0.2) is 23.1 Å². The van der Waals surface area contributed by atoms with Crippen molar-refractivity contribution < 1.29 is 17.9 Å². The third-order valence-corrected chi connectivity index (χ3v) is 7.52. The van der Waals surface area contributed by atoms with E-state index < -0.39 is 10.0 Å². The highest BCUT2D eigenvalue weighted by Crippen LogP contribution is 2.31. The SMILES string of the molecule is COc1ccc(C(=O)N2CCC(C)CC2CN)cc1S(=O)(=O)N1CCCC1.Cl. The van der Waals surface area contributed by atoms with Crippen molar-refractivity contribution in [1.82, 2.24) is 9.21 Å². The van der Waals surface area contributed by atoms with Crippen LogP contribution < -0.4 is 10.5 Å². The predicted octanol–water partition coefficient (Wildman–Crippen LogP) is 2.10. The fraction of sp³-hybridized carbons (Fsp3) is 0.632. The van der Waals surface area contributed by atoms with E-state index >= 15 is 0 Å². The van der Waals surface area contributed by atoms with Crippen LogP contribution in [0.4, 0.5) is 0 Å². The topological polar surface area (TPSA) is 92.9 Å². The summed E-state index contributed by atoms with van der Waals surface area (Å²) in [5.74, 6) is 0.628. The molecule has 9 heteroatoms. The molecule has 7 nitrogen and oxygen atoms in total. The monoisotopic (exact) mass is 431 g/mol. The molecule has 2 aliphatic heterocycles. The Hall–Kier alpha value is -1.35. The Morgan fingerprint density at radius 2 is 1.93 bits per heavy atom. The Labute approximate surface area is 173 Å². The summed E-state index contributed by atoms with van der Waals surface area (Å²) in [5, 5.41) is 0. The van der Waals surface area contributed by atoms with Crippen LogP contribution in [0.3, 0.4) is 0 Å². The van der Waals surface area contributed by atoms with Gasteiger partial charge in [-0.1, -0.05) is 6.92 Å². The van der Waals surface area contributed by atoms with Crippen molar-refractivity contribution in [2.24, 2.45) is 11.7 Å². The van der Waals surface area contributed by atoms with Gasteiger partial charge in [0, 0.05) is 37.8 Å². The van der Waals surface area contributed by atoms with Crippen LogP contribution in [0.5, 0.6) is 5.75 Å². The standard InChI is InChI=1S/C19H29N3O4S.ClH/c1-14-7-10-22(16(11-14)13-20)19(23)15-5-6-17(26-2)18(12-15)27(24,25)21-8-3-4-9-21;/h5-6,12,14,16H,3-4,7-11,13,20H2,1-2H3;1H. The molecule has 2 saturated heterocycles. The molecule has 1 aromatic carbocycles. The van der Waals surface area contributed by atoms with Crippen LogP contribution in [-0.4, -0.2) is 62.9 Å². The van der Waals surface area contributed by atoms with Crippen molar-refractivity contribution >= 4 is 28.3 Å². The summed E-state index contributed by atoms with van der Waals surface area (Å²) in [6.07, 6.45) is 3.50. The van der Waals surface area contributed by atoms with Gasteiger partial charge in [-0.15, -0.1) is 12.4 Å². The van der Waals surface area contributed by atoms with Crippen molar-refractivity contribution in [3.63, 3.8) is 0 Å². The van der Waals surface area contributed by atoms with E-state index in [1.54, 1.807) is 17.0 Å². The minimum atomic E-state index is -3.68. The first-order chi connectivity index (χ1) is 12.9. The number of nitrogens with zero attached hydrogens (tertiary/aromatic N) is 2. The number of hydrogen-bond acceptors (Lipinski definition) is 5. The maximum absolute atomic E-state index is 13.1. The van der Waals surface area contributed by atoms with Gasteiger partial charge >= 0.3 is 0 Å². The average Bonchev–Trinajstić information content (AvgIpc) is 3.22. The number of halogens is 1. The maximum atomic E-state index is 13.1. The smallest absolute Gasteiger partial charge is 0.254 e. The van der Waals surface area contributed by atoms with Crippen LogP contribution in [0, 0.1) is 5.92 Å². The molecule has 2 aliphatic rings. The van der Waals surface area contributed by atoms with Crippen LogP contribution in [0.2, 0.25) is 0 Å². The van der Waals surface area contributed by atoms with Crippen LogP contribution in [-0.2, 0) is 10.0 Å². The van der Waals surface area contributed by atoms with Crippen LogP contribution in [0.25, 0.3) is 0 Å². The second kappa shape index (κ2) is 9.43. The van der Waals surface area contributed by atoms with Crippen molar-refractivity contribution in [2.45, 2.75) is 43.5 Å². The number of likely N-dealkylation sites (tertiary alicyclic amines) is 1. The van der Waals surface area contributed by atoms with Gasteiger partial charge in [0.2, 0.25) is 10.0 Å². The van der Waals surface area contributed by atoms with E-state index in [4.69, 9.17) is 10.5 Å². The van der Waals surface area contributed by atoms with E-state index in [1.165, 1.54) is 17.5 Å². The highest BCUT2D eigenvalue weighted by atomic mass is 35.5. The lowest BCUT2D eigenvalue weighted by Gasteiger charge is -2.38. The molecular weight excluding hydrogens is 402 g/mol. The zero-order valence-corrected chi connectivity index (χ0v) is 18.1. The molecule has 3 rings (SSSR count). The summed E-state index contributed by atoms with van der Waals surface area (Å²) in [7, 11) is -2.24. The minimum absolute atomic E-state index is 0. The molecule has 158 valence electrons. The average molecular weight is 432 g/mol. The first kappa shape index (κ1) is 22.9. The van der Waals surface area contributed by atoms with Crippen molar-refractivity contribution in [2.75, 3.05) is 33.3 Å². The van der Waals surface area contributed by atoms with E-state index in [0.717, 1.165) is 25.7 Å². The molecule has 0 aliphatic carbocycles. The lowest BCUT2D eigenvalue weighted by molar-refractivity contribution is 0.0573. The largest absolute Gasteiger partial charge is 0.495 e. The first-order valence-electron chi connectivity index (χ1n) is 9.57. The molecule has 2 N–H and O–H groups in total. The molecule has 0 saturated carbocycles. The van der Waals surface area contributed by atoms with Gasteiger partial charge in [-0.3, -0.25) is 4.79 Å². The Bertz CT molecular complexity index is 796. The number of hydrogen-bond donors (Lipinski definition) is 1. The quantitative estimate of drug-likeness (QED) is 0.770. The molecule has 0 radical (unpaired) electrons. The third-order valence-electron chi connectivity index (χ3n) is 5.60. The lowest BCUT2D eigenvalue weighted by Crippen LogP contribution is -2.49. The number of ether oxygens (including phenoxy) is 1. The molecule has 2 heterocycles. The van der Waals surface area contributed by atoms with E-state index in [1.807, 2.05) is 0 Å². The molecule has 2 fully saturated rings. The number of rotatable bonds is 5. The third kappa shape index (κ3) is 4.45. The molecular formula is C19H30ClN3O4S. The number of carbonyl (C=O) groups is 1. The van der Waals surface area contributed by atoms with Gasteiger partial charge < -0.3 is 15.4 Å². The summed E-state index contributed by atoms with van der Waals surface area (Å²) < 4.78 is 32.8. The Morgan fingerprint density at radius 3 is 2.54 bits per heavy atom. The summed E-state index contributed by atoms with van der Waals surface area (Å²) in [5.41, 5.74) is 6.25. The van der Waals surface area contributed by atoms with Gasteiger partial charge in [0.15, 0.2) is 0 Å². The second-order valence-electron chi connectivity index (χ2n) is 7.49. The number of nitrogens with two attached hydrogens (primary N) is 1. The summed E-state index contributed by atoms with van der Waals surface area (Å²) >= 11 is 0. The highest BCUT2D eigenvalue weighted by molar-refractivity contribution is 7.89. The Balaban J connectivity index is 0.00000280. The van der Waals surface area contributed by atoms with Gasteiger partial charge in [-0.25, -0.2) is 8.42 Å². The van der Waals surface area contributed by atoms with E-state index in [9.17, 15) is 13.2 Å². The number of sulfonamides is 1. The number of carbonyl (C=O) groups excluding carboxylic acids is 1. The minimum Gasteiger partial charge on any atom is -0.495 e. The Kier molecular flexibility index (Phi) is 7.73. The van der Waals surface area contributed by atoms with E-state index in [2.05, 4.69) is 6.92 Å². The van der Waals surface area contributed by atoms with Gasteiger partial charge in [0.05, 0.1) is 7.11 Å². The molecule has 1 aromatic rings. The van der Waals surface area contributed by atoms with Crippen molar-refractivity contribution in [3.8, 4) is 5.75 Å². The molecule has 1 amide bonds. The lowest BCUT2D eigenvalue weighted by atomic mass is 9.92. The molecule has 0 aromatic heterocycles. The molecule has 2 atom stereocenters. The molecule has 2 unspecified atom stereocenters. The predicted molar refractivity (Wildman–Crippen MR) is 111 cm³/mol. The van der Waals surface area contributed by atoms with E-state index in [-0.39, 0.29) is 35.0 Å². The molecule has 0 spiro atoms. The zero-order chi connectivity index (χ0) is 19.6. The molecule has 0 bridgehead atoms. The fourth-order valence-electron chi connectivity index (χ4n) is 3.99. The number of methoxy groups -OCH3 is 1. The summed E-state index contributed by atoms with van der Waals surface area (Å²) in [6, 6.07) is 4.65. The van der Waals surface area contributed by atoms with Crippen LogP contribution in [0.1, 0.15) is 43.0 Å². The van der Waals surface area contributed by atoms with Gasteiger partial charge in [-0.05, 0) is 49.8 Å². The van der Waals surface area contributed by atoms with Gasteiger partial charge in [0.1, 0.15) is 10.6 Å². The highest BCUT2D eigenvalue weighted by Gasteiger charge is 2.33. The second-order valence-corrected chi connectivity index (χ2v) is 9.40. The van der Waals surface area contributed by atoms with E-state index in [0.29, 0.717) is 37.7 Å². The Morgan fingerprint density at radius 1 is 1.25 bits per heavy atom. The zero-order valence-electron chi connectivity index (χ0n) is 16.5. The van der Waals surface area contributed by atoms with Crippen molar-refractivity contribution in [1.29, 1.82) is 0 Å². The number of piperidine rings is 1. The summed E-state index contributed by atoms with van der Waals surface area (Å²) in [6.45, 7) is 4.22. The summed E-state index contributed by atoms with van der Waals surface area (Å²) in [4.78, 5) is 14.9. The maximum Gasteiger partial charge on any atom is 0.254 e. The number of amides is 1. The first-order valence-corrected chi connectivity index (χ1v) is 11.0. The van der Waals surface area contributed by atoms with Gasteiger partial charge in [0.25, 0.3) is 5.91 Å². The normalized spacial score (nSPS) is 23.3. The fourth-order valence-corrected chi connectivity index (χ4v) is 5.69. The molecule has 28 heavy (non-hydrogen) atoms. The van der Waals surface area contributed by atoms with Crippen molar-refractivity contribution in [3.05, 3.63) is 23.8 Å². The van der Waals surface area contributed by atoms with Crippen LogP contribution >= 0.6 is 12.4 Å². The van der Waals surface area contributed by atoms with Gasteiger partial charge in [-0.2, -0.15) is 4.31 Å². The number of benzene rings is 1.